The molecule has 0 aliphatic carbocycles. The molecule has 0 aromatic carbocycles. The number of aliphatic hydroxyl groups excluding tert-OH is 1. The second kappa shape index (κ2) is 2.23. The summed E-state index contributed by atoms with van der Waals surface area (Å²) in [5, 5.41) is 9.03. The Morgan fingerprint density at radius 1 is 1.89 bits per heavy atom. The van der Waals surface area contributed by atoms with Crippen LogP contribution in [0.4, 0.5) is 0 Å². The molecule has 1 aliphatic rings. The zero-order valence-electron chi connectivity index (χ0n) is 5.42. The van der Waals surface area contributed by atoms with Crippen LogP contribution < -0.4 is 0 Å². The van der Waals surface area contributed by atoms with Gasteiger partial charge in [0.25, 0.3) is 0 Å². The van der Waals surface area contributed by atoms with Crippen LogP contribution in [0.1, 0.15) is 13.3 Å². The molecule has 1 unspecified atom stereocenters. The first-order chi connectivity index (χ1) is 4.18. The molecule has 9 heavy (non-hydrogen) atoms. The molecule has 1 heterocycles. The van der Waals surface area contributed by atoms with Crippen LogP contribution in [0, 0.1) is 0 Å². The molecular weight excluding hydrogens is 116 g/mol. The molecule has 2 nitrogen and oxygen atoms in total. The third kappa shape index (κ3) is 1.57. The summed E-state index contributed by atoms with van der Waals surface area (Å²) in [6, 6.07) is 0. The van der Waals surface area contributed by atoms with Gasteiger partial charge in [0.15, 0.2) is 0 Å². The van der Waals surface area contributed by atoms with Gasteiger partial charge in [-0.3, -0.25) is 0 Å². The normalized spacial score (nSPS) is 27.1. The van der Waals surface area contributed by atoms with Crippen molar-refractivity contribution in [1.82, 2.24) is 0 Å². The number of hydrogen-bond acceptors (Lipinski definition) is 2. The van der Waals surface area contributed by atoms with Gasteiger partial charge in [-0.15, -0.1) is 0 Å². The lowest BCUT2D eigenvalue weighted by atomic mass is 10.2. The highest BCUT2D eigenvalue weighted by Gasteiger charge is 2.11. The molecule has 0 saturated carbocycles. The maximum atomic E-state index is 9.03. The first-order valence-corrected chi connectivity index (χ1v) is 2.90. The quantitative estimate of drug-likeness (QED) is 0.528. The van der Waals surface area contributed by atoms with Crippen LogP contribution in [0.15, 0.2) is 24.2 Å². The second-order valence-electron chi connectivity index (χ2n) is 2.19. The molecule has 0 radical (unpaired) electrons. The summed E-state index contributed by atoms with van der Waals surface area (Å²) in [4.78, 5) is 0. The monoisotopic (exact) mass is 126 g/mol. The predicted molar refractivity (Wildman–Crippen MR) is 34.6 cm³/mol. The molecule has 1 rings (SSSR count). The molecule has 0 aromatic rings. The van der Waals surface area contributed by atoms with E-state index in [0.717, 1.165) is 5.76 Å². The first-order valence-electron chi connectivity index (χ1n) is 2.90. The topological polar surface area (TPSA) is 29.5 Å². The summed E-state index contributed by atoms with van der Waals surface area (Å²) in [5.74, 6) is 1.38. The Hall–Kier alpha value is -0.760. The molecule has 0 spiro atoms. The molecule has 0 amide bonds. The third-order valence-electron chi connectivity index (χ3n) is 1.17. The Morgan fingerprint density at radius 2 is 2.56 bits per heavy atom. The lowest BCUT2D eigenvalue weighted by molar-refractivity contribution is 0.161. The van der Waals surface area contributed by atoms with E-state index in [0.29, 0.717) is 12.2 Å². The zero-order chi connectivity index (χ0) is 6.85. The van der Waals surface area contributed by atoms with Gasteiger partial charge in [-0.25, -0.2) is 0 Å². The summed E-state index contributed by atoms with van der Waals surface area (Å²) in [7, 11) is 0. The Bertz CT molecular complexity index is 158. The van der Waals surface area contributed by atoms with Crippen molar-refractivity contribution in [2.45, 2.75) is 19.4 Å². The van der Waals surface area contributed by atoms with E-state index in [1.165, 1.54) is 0 Å². The van der Waals surface area contributed by atoms with Crippen LogP contribution in [0.25, 0.3) is 0 Å². The van der Waals surface area contributed by atoms with Gasteiger partial charge in [0, 0.05) is 6.42 Å². The molecule has 1 aliphatic heterocycles. The number of rotatable bonds is 0. The van der Waals surface area contributed by atoms with Crippen LogP contribution in [-0.4, -0.2) is 11.2 Å². The fraction of sp³-hybridized carbons (Fsp3) is 0.429. The van der Waals surface area contributed by atoms with E-state index < -0.39 is 6.10 Å². The highest BCUT2D eigenvalue weighted by molar-refractivity contribution is 5.07. The van der Waals surface area contributed by atoms with Crippen LogP contribution >= 0.6 is 0 Å². The Kier molecular flexibility index (Phi) is 1.58. The van der Waals surface area contributed by atoms with Crippen molar-refractivity contribution in [1.29, 1.82) is 0 Å². The minimum Gasteiger partial charge on any atom is -0.467 e. The van der Waals surface area contributed by atoms with E-state index >= 15 is 0 Å². The lowest BCUT2D eigenvalue weighted by Gasteiger charge is -2.17. The van der Waals surface area contributed by atoms with E-state index in [4.69, 9.17) is 9.84 Å². The molecule has 0 saturated heterocycles. The molecule has 50 valence electrons. The van der Waals surface area contributed by atoms with Crippen molar-refractivity contribution in [2.24, 2.45) is 0 Å². The Balaban J connectivity index is 2.67. The molecule has 2 heteroatoms. The molecule has 1 atom stereocenters. The minimum absolute atomic E-state index is 0.397. The molecule has 1 N–H and O–H groups in total. The van der Waals surface area contributed by atoms with Gasteiger partial charge in [-0.1, -0.05) is 6.58 Å². The highest BCUT2D eigenvalue weighted by Crippen LogP contribution is 2.17. The van der Waals surface area contributed by atoms with Crippen LogP contribution in [0.2, 0.25) is 0 Å². The molecule has 0 bridgehead atoms. The summed E-state index contributed by atoms with van der Waals surface area (Å²) in [5.41, 5.74) is 0. The lowest BCUT2D eigenvalue weighted by Crippen LogP contribution is -2.11. The van der Waals surface area contributed by atoms with Crippen molar-refractivity contribution < 1.29 is 9.84 Å². The average Bonchev–Trinajstić information content (AvgIpc) is 1.59. The van der Waals surface area contributed by atoms with Gasteiger partial charge in [0.05, 0.1) is 17.6 Å². The predicted octanol–water partition coefficient (Wildman–Crippen LogP) is 1.19. The fourth-order valence-corrected chi connectivity index (χ4v) is 0.866. The fourth-order valence-electron chi connectivity index (χ4n) is 0.866. The highest BCUT2D eigenvalue weighted by atomic mass is 16.5. The van der Waals surface area contributed by atoms with E-state index in [1.54, 1.807) is 13.0 Å². The average molecular weight is 126 g/mol. The van der Waals surface area contributed by atoms with Gasteiger partial charge in [-0.2, -0.15) is 0 Å². The second-order valence-corrected chi connectivity index (χ2v) is 2.19. The van der Waals surface area contributed by atoms with E-state index in [2.05, 4.69) is 6.58 Å². The van der Waals surface area contributed by atoms with E-state index in [9.17, 15) is 0 Å². The maximum Gasteiger partial charge on any atom is 0.0993 e. The first kappa shape index (κ1) is 6.36. The van der Waals surface area contributed by atoms with Gasteiger partial charge in [0.2, 0.25) is 0 Å². The van der Waals surface area contributed by atoms with Crippen molar-refractivity contribution >= 4 is 0 Å². The summed E-state index contributed by atoms with van der Waals surface area (Å²) in [6.45, 7) is 5.39. The van der Waals surface area contributed by atoms with Gasteiger partial charge < -0.3 is 9.84 Å². The van der Waals surface area contributed by atoms with Crippen LogP contribution in [0.3, 0.4) is 0 Å². The summed E-state index contributed by atoms with van der Waals surface area (Å²) >= 11 is 0. The number of ether oxygens (including phenoxy) is 1. The number of allylic oxidation sites excluding steroid dienone is 1. The maximum absolute atomic E-state index is 9.03. The van der Waals surface area contributed by atoms with Gasteiger partial charge >= 0.3 is 0 Å². The van der Waals surface area contributed by atoms with Crippen molar-refractivity contribution in [3.63, 3.8) is 0 Å². The van der Waals surface area contributed by atoms with Gasteiger partial charge in [-0.05, 0) is 13.0 Å². The molecule has 0 aromatic heterocycles. The number of aliphatic hydroxyl groups is 1. The van der Waals surface area contributed by atoms with Crippen molar-refractivity contribution in [2.75, 3.05) is 0 Å². The minimum atomic E-state index is -0.397. The zero-order valence-corrected chi connectivity index (χ0v) is 5.42. The molecule has 0 fully saturated rings. The Morgan fingerprint density at radius 3 is 3.00 bits per heavy atom. The largest absolute Gasteiger partial charge is 0.467 e. The van der Waals surface area contributed by atoms with E-state index in [1.807, 2.05) is 0 Å². The smallest absolute Gasteiger partial charge is 0.0993 e. The van der Waals surface area contributed by atoms with E-state index in [-0.39, 0.29) is 0 Å². The number of hydrogen-bond donors (Lipinski definition) is 1. The van der Waals surface area contributed by atoms with Crippen molar-refractivity contribution in [3.05, 3.63) is 24.2 Å². The Labute approximate surface area is 54.5 Å². The summed E-state index contributed by atoms with van der Waals surface area (Å²) < 4.78 is 5.06. The standard InChI is InChI=1S/C7H10O2/c1-5-3-7(8)4-6(2)9-5/h4,7-8H,1,3H2,2H3. The SMILES string of the molecule is C=C1CC(O)C=C(C)O1. The van der Waals surface area contributed by atoms with Crippen molar-refractivity contribution in [3.8, 4) is 0 Å². The molecular formula is C7H10O2. The van der Waals surface area contributed by atoms with Gasteiger partial charge in [0.1, 0.15) is 0 Å². The third-order valence-corrected chi connectivity index (χ3v) is 1.17. The van der Waals surface area contributed by atoms with Crippen LogP contribution in [0.5, 0.6) is 0 Å². The van der Waals surface area contributed by atoms with Crippen LogP contribution in [-0.2, 0) is 4.74 Å². The summed E-state index contributed by atoms with van der Waals surface area (Å²) in [6.07, 6.45) is 1.80.